The van der Waals surface area contributed by atoms with E-state index in [2.05, 4.69) is 25.6 Å². The molecule has 4 atom stereocenters. The fourth-order valence-corrected chi connectivity index (χ4v) is 4.52. The number of nitrogens with two attached hydrogens (primary N) is 1. The van der Waals surface area contributed by atoms with Gasteiger partial charge in [-0.05, 0) is 56.4 Å². The zero-order valence-electron chi connectivity index (χ0n) is 21.9. The molecule has 2 aromatic carbocycles. The Kier molecular flexibility index (Phi) is 8.36. The lowest BCUT2D eigenvalue weighted by Crippen LogP contribution is -2.39. The second-order valence-corrected chi connectivity index (χ2v) is 9.57. The SMILES string of the molecule is CN(CCCNC(=O)Nc1ccc(Oc2ccccc2)cc1)C[C@H]1O[C@@H](n2cnc3c(N)ncnc32)[C@H](O)[C@@H]1O. The van der Waals surface area contributed by atoms with Gasteiger partial charge in [-0.2, -0.15) is 0 Å². The van der Waals surface area contributed by atoms with Crippen molar-refractivity contribution >= 4 is 28.7 Å². The summed E-state index contributed by atoms with van der Waals surface area (Å²) < 4.78 is 13.3. The molecule has 40 heavy (non-hydrogen) atoms. The fraction of sp³-hybridized carbons (Fsp3) is 0.333. The Morgan fingerprint density at radius 2 is 1.82 bits per heavy atom. The number of amides is 2. The molecule has 0 radical (unpaired) electrons. The van der Waals surface area contributed by atoms with E-state index in [0.717, 1.165) is 5.75 Å². The maximum absolute atomic E-state index is 12.3. The summed E-state index contributed by atoms with van der Waals surface area (Å²) in [6.07, 6.45) is -0.320. The molecular weight excluding hydrogens is 516 g/mol. The van der Waals surface area contributed by atoms with Crippen LogP contribution in [0.15, 0.2) is 67.3 Å². The van der Waals surface area contributed by atoms with Gasteiger partial charge < -0.3 is 41.0 Å². The van der Waals surface area contributed by atoms with Crippen LogP contribution in [0.3, 0.4) is 0 Å². The largest absolute Gasteiger partial charge is 0.457 e. The normalized spacial score (nSPS) is 20.6. The Morgan fingerprint density at radius 1 is 1.07 bits per heavy atom. The van der Waals surface area contributed by atoms with Gasteiger partial charge in [0.15, 0.2) is 17.7 Å². The number of nitrogen functional groups attached to an aromatic ring is 1. The number of hydrogen-bond acceptors (Lipinski definition) is 10. The molecule has 13 heteroatoms. The van der Waals surface area contributed by atoms with Crippen LogP contribution in [0.2, 0.25) is 0 Å². The van der Waals surface area contributed by atoms with Crippen LogP contribution < -0.4 is 21.1 Å². The lowest BCUT2D eigenvalue weighted by atomic mass is 10.1. The standard InChI is InChI=1S/C27H32N8O5/c1-34(14-20-22(36)23(37)26(40-20)35-16-32-21-24(28)30-15-31-25(21)35)13-5-12-29-27(38)33-17-8-10-19(11-9-17)39-18-6-3-2-4-7-18/h2-4,6-11,15-16,20,22-23,26,36-37H,5,12-14H2,1H3,(H2,28,30,31)(H2,29,33,38)/t20-,22-,23-,26-/m1/s1. The van der Waals surface area contributed by atoms with Crippen LogP contribution in [-0.4, -0.2) is 85.7 Å². The van der Waals surface area contributed by atoms with E-state index in [-0.39, 0.29) is 11.8 Å². The number of anilines is 2. The molecule has 2 aromatic heterocycles. The van der Waals surface area contributed by atoms with Crippen molar-refractivity contribution < 1.29 is 24.5 Å². The number of urea groups is 1. The third kappa shape index (κ3) is 6.29. The van der Waals surface area contributed by atoms with Crippen LogP contribution in [0.4, 0.5) is 16.3 Å². The highest BCUT2D eigenvalue weighted by molar-refractivity contribution is 5.89. The number of carbonyl (C=O) groups is 1. The minimum absolute atomic E-state index is 0.224. The fourth-order valence-electron chi connectivity index (χ4n) is 4.52. The molecular formula is C27H32N8O5. The van der Waals surface area contributed by atoms with E-state index in [9.17, 15) is 15.0 Å². The van der Waals surface area contributed by atoms with Crippen LogP contribution in [0, 0.1) is 0 Å². The van der Waals surface area contributed by atoms with E-state index in [1.807, 2.05) is 42.3 Å². The molecule has 0 saturated carbocycles. The van der Waals surface area contributed by atoms with E-state index in [0.29, 0.717) is 48.7 Å². The molecule has 0 bridgehead atoms. The Labute approximate surface area is 230 Å². The number of likely N-dealkylation sites (N-methyl/N-ethyl adjacent to an activating group) is 1. The van der Waals surface area contributed by atoms with Crippen LogP contribution in [0.1, 0.15) is 12.6 Å². The number of benzene rings is 2. The molecule has 0 aliphatic carbocycles. The molecule has 6 N–H and O–H groups in total. The van der Waals surface area contributed by atoms with Crippen molar-refractivity contribution in [3.63, 3.8) is 0 Å². The van der Waals surface area contributed by atoms with Crippen LogP contribution in [-0.2, 0) is 4.74 Å². The van der Waals surface area contributed by atoms with Gasteiger partial charge in [-0.3, -0.25) is 4.57 Å². The molecule has 210 valence electrons. The van der Waals surface area contributed by atoms with Crippen molar-refractivity contribution in [3.8, 4) is 11.5 Å². The summed E-state index contributed by atoms with van der Waals surface area (Å²) >= 11 is 0. The van der Waals surface area contributed by atoms with Gasteiger partial charge in [0.25, 0.3) is 0 Å². The highest BCUT2D eigenvalue weighted by atomic mass is 16.6. The third-order valence-corrected chi connectivity index (χ3v) is 6.58. The molecule has 4 aromatic rings. The predicted molar refractivity (Wildman–Crippen MR) is 148 cm³/mol. The monoisotopic (exact) mass is 548 g/mol. The van der Waals surface area contributed by atoms with Gasteiger partial charge in [-0.25, -0.2) is 19.7 Å². The Balaban J connectivity index is 1.03. The van der Waals surface area contributed by atoms with Gasteiger partial charge in [0.1, 0.15) is 41.7 Å². The van der Waals surface area contributed by atoms with Crippen molar-refractivity contribution in [1.82, 2.24) is 29.7 Å². The van der Waals surface area contributed by atoms with E-state index >= 15 is 0 Å². The molecule has 3 heterocycles. The number of imidazole rings is 1. The Morgan fingerprint density at radius 3 is 2.60 bits per heavy atom. The maximum Gasteiger partial charge on any atom is 0.319 e. The van der Waals surface area contributed by atoms with E-state index in [4.69, 9.17) is 15.2 Å². The average Bonchev–Trinajstić information content (AvgIpc) is 3.50. The number of nitrogens with zero attached hydrogens (tertiary/aromatic N) is 5. The minimum Gasteiger partial charge on any atom is -0.457 e. The number of aliphatic hydroxyl groups is 2. The van der Waals surface area contributed by atoms with Gasteiger partial charge in [0.2, 0.25) is 0 Å². The molecule has 1 saturated heterocycles. The summed E-state index contributed by atoms with van der Waals surface area (Å²) in [5, 5.41) is 26.9. The topological polar surface area (TPSA) is 173 Å². The lowest BCUT2D eigenvalue weighted by Gasteiger charge is -2.22. The van der Waals surface area contributed by atoms with Crippen molar-refractivity contribution in [2.75, 3.05) is 37.7 Å². The molecule has 0 spiro atoms. The highest BCUT2D eigenvalue weighted by Gasteiger charge is 2.44. The zero-order chi connectivity index (χ0) is 28.1. The number of fused-ring (bicyclic) bond motifs is 1. The Hall–Kier alpha value is -4.30. The summed E-state index contributed by atoms with van der Waals surface area (Å²) in [5.74, 6) is 1.64. The molecule has 0 unspecified atom stereocenters. The van der Waals surface area contributed by atoms with Gasteiger partial charge >= 0.3 is 6.03 Å². The quantitative estimate of drug-likeness (QED) is 0.184. The predicted octanol–water partition coefficient (Wildman–Crippen LogP) is 1.96. The van der Waals surface area contributed by atoms with Gasteiger partial charge in [0, 0.05) is 18.8 Å². The summed E-state index contributed by atoms with van der Waals surface area (Å²) in [7, 11) is 1.88. The molecule has 1 aliphatic heterocycles. The lowest BCUT2D eigenvalue weighted by molar-refractivity contribution is -0.0421. The first-order valence-electron chi connectivity index (χ1n) is 12.9. The number of hydrogen-bond donors (Lipinski definition) is 5. The second kappa shape index (κ2) is 12.3. The van der Waals surface area contributed by atoms with Crippen molar-refractivity contribution in [3.05, 3.63) is 67.3 Å². The van der Waals surface area contributed by atoms with Crippen LogP contribution >= 0.6 is 0 Å². The van der Waals surface area contributed by atoms with Crippen LogP contribution in [0.25, 0.3) is 11.2 Å². The van der Waals surface area contributed by atoms with Gasteiger partial charge in [0.05, 0.1) is 6.33 Å². The van der Waals surface area contributed by atoms with Gasteiger partial charge in [-0.1, -0.05) is 18.2 Å². The maximum atomic E-state index is 12.3. The van der Waals surface area contributed by atoms with Crippen molar-refractivity contribution in [2.24, 2.45) is 0 Å². The van der Waals surface area contributed by atoms with Crippen LogP contribution in [0.5, 0.6) is 11.5 Å². The number of aliphatic hydroxyl groups excluding tert-OH is 2. The molecule has 1 fully saturated rings. The molecule has 2 amide bonds. The highest BCUT2D eigenvalue weighted by Crippen LogP contribution is 2.32. The molecule has 1 aliphatic rings. The summed E-state index contributed by atoms with van der Waals surface area (Å²) in [5.41, 5.74) is 7.31. The number of nitrogens with one attached hydrogen (secondary N) is 2. The first-order chi connectivity index (χ1) is 19.4. The number of rotatable bonds is 10. The van der Waals surface area contributed by atoms with Crippen molar-refractivity contribution in [2.45, 2.75) is 31.0 Å². The smallest absolute Gasteiger partial charge is 0.319 e. The van der Waals surface area contributed by atoms with E-state index in [1.54, 1.807) is 28.8 Å². The summed E-state index contributed by atoms with van der Waals surface area (Å²) in [4.78, 5) is 26.6. The first kappa shape index (κ1) is 27.3. The molecule has 13 nitrogen and oxygen atoms in total. The van der Waals surface area contributed by atoms with Crippen molar-refractivity contribution in [1.29, 1.82) is 0 Å². The number of ether oxygens (including phenoxy) is 2. The second-order valence-electron chi connectivity index (χ2n) is 9.57. The Bertz CT molecular complexity index is 1420. The number of para-hydroxylation sites is 1. The number of aromatic nitrogens is 4. The minimum atomic E-state index is -1.17. The zero-order valence-corrected chi connectivity index (χ0v) is 21.9. The van der Waals surface area contributed by atoms with Gasteiger partial charge in [-0.15, -0.1) is 0 Å². The molecule has 5 rings (SSSR count). The number of carbonyl (C=O) groups excluding carboxylic acids is 1. The van der Waals surface area contributed by atoms with E-state index < -0.39 is 24.5 Å². The van der Waals surface area contributed by atoms with E-state index in [1.165, 1.54) is 12.7 Å². The third-order valence-electron chi connectivity index (χ3n) is 6.58. The summed E-state index contributed by atoms with van der Waals surface area (Å²) in [6, 6.07) is 16.3. The average molecular weight is 549 g/mol. The first-order valence-corrected chi connectivity index (χ1v) is 12.9. The summed E-state index contributed by atoms with van der Waals surface area (Å²) in [6.45, 7) is 1.46.